The topological polar surface area (TPSA) is 47.6 Å². The van der Waals surface area contributed by atoms with Gasteiger partial charge in [0, 0.05) is 17.7 Å². The molecule has 2 aromatic rings. The van der Waals surface area contributed by atoms with Crippen LogP contribution in [0.3, 0.4) is 0 Å². The molecule has 116 valence electrons. The number of carbonyl (C=O) groups excluding carboxylic acids is 1. The van der Waals surface area contributed by atoms with Gasteiger partial charge in [-0.1, -0.05) is 17.7 Å². The third-order valence-corrected chi connectivity index (χ3v) is 3.52. The van der Waals surface area contributed by atoms with Crippen molar-refractivity contribution >= 4 is 5.91 Å². The van der Waals surface area contributed by atoms with E-state index in [4.69, 9.17) is 9.47 Å². The number of aryl methyl sites for hydroxylation is 2. The summed E-state index contributed by atoms with van der Waals surface area (Å²) in [6.07, 6.45) is 0. The molecule has 0 aliphatic rings. The van der Waals surface area contributed by atoms with Gasteiger partial charge in [0.15, 0.2) is 0 Å². The minimum Gasteiger partial charge on any atom is -0.496 e. The molecule has 2 aromatic carbocycles. The van der Waals surface area contributed by atoms with E-state index in [-0.39, 0.29) is 5.91 Å². The largest absolute Gasteiger partial charge is 0.496 e. The van der Waals surface area contributed by atoms with Crippen LogP contribution in [0.15, 0.2) is 36.4 Å². The van der Waals surface area contributed by atoms with Crippen LogP contribution in [-0.2, 0) is 6.54 Å². The number of nitrogens with one attached hydrogen (secondary N) is 1. The number of hydrogen-bond acceptors (Lipinski definition) is 3. The van der Waals surface area contributed by atoms with Gasteiger partial charge in [-0.3, -0.25) is 4.79 Å². The van der Waals surface area contributed by atoms with Gasteiger partial charge in [0.25, 0.3) is 5.91 Å². The Morgan fingerprint density at radius 2 is 1.77 bits per heavy atom. The van der Waals surface area contributed by atoms with Crippen molar-refractivity contribution in [2.45, 2.75) is 20.4 Å². The van der Waals surface area contributed by atoms with E-state index in [2.05, 4.69) is 5.32 Å². The monoisotopic (exact) mass is 299 g/mol. The van der Waals surface area contributed by atoms with Gasteiger partial charge in [0.05, 0.1) is 14.2 Å². The maximum atomic E-state index is 12.2. The first-order valence-corrected chi connectivity index (χ1v) is 7.11. The number of methoxy groups -OCH3 is 2. The Morgan fingerprint density at radius 1 is 1.05 bits per heavy atom. The van der Waals surface area contributed by atoms with Crippen molar-refractivity contribution in [1.29, 1.82) is 0 Å². The molecule has 0 bridgehead atoms. The highest BCUT2D eigenvalue weighted by Crippen LogP contribution is 2.28. The number of carbonyl (C=O) groups is 1. The summed E-state index contributed by atoms with van der Waals surface area (Å²) >= 11 is 0. The van der Waals surface area contributed by atoms with Crippen LogP contribution in [0.5, 0.6) is 11.5 Å². The molecular weight excluding hydrogens is 278 g/mol. The van der Waals surface area contributed by atoms with E-state index in [1.165, 1.54) is 0 Å². The van der Waals surface area contributed by atoms with Crippen LogP contribution in [-0.4, -0.2) is 20.1 Å². The van der Waals surface area contributed by atoms with Crippen LogP contribution in [0.1, 0.15) is 27.0 Å². The predicted octanol–water partition coefficient (Wildman–Crippen LogP) is 3.25. The van der Waals surface area contributed by atoms with Crippen molar-refractivity contribution < 1.29 is 14.3 Å². The van der Waals surface area contributed by atoms with Crippen molar-refractivity contribution in [2.24, 2.45) is 0 Å². The van der Waals surface area contributed by atoms with Crippen molar-refractivity contribution in [3.8, 4) is 11.5 Å². The lowest BCUT2D eigenvalue weighted by Gasteiger charge is -2.14. The number of benzene rings is 2. The van der Waals surface area contributed by atoms with Crippen molar-refractivity contribution in [3.05, 3.63) is 58.7 Å². The summed E-state index contributed by atoms with van der Waals surface area (Å²) in [6.45, 7) is 4.30. The highest BCUT2D eigenvalue weighted by molar-refractivity contribution is 5.94. The summed E-state index contributed by atoms with van der Waals surface area (Å²) in [5, 5.41) is 2.91. The smallest absolute Gasteiger partial charge is 0.251 e. The third-order valence-electron chi connectivity index (χ3n) is 3.52. The minimum atomic E-state index is -0.106. The Labute approximate surface area is 131 Å². The molecule has 1 N–H and O–H groups in total. The summed E-state index contributed by atoms with van der Waals surface area (Å²) in [6, 6.07) is 11.3. The molecule has 22 heavy (non-hydrogen) atoms. The summed E-state index contributed by atoms with van der Waals surface area (Å²) in [4.78, 5) is 12.2. The molecule has 4 nitrogen and oxygen atoms in total. The second-order valence-corrected chi connectivity index (χ2v) is 5.19. The maximum Gasteiger partial charge on any atom is 0.251 e. The van der Waals surface area contributed by atoms with Crippen LogP contribution in [0.25, 0.3) is 0 Å². The van der Waals surface area contributed by atoms with Crippen LogP contribution in [0.2, 0.25) is 0 Å². The van der Waals surface area contributed by atoms with Gasteiger partial charge in [0.1, 0.15) is 11.5 Å². The Bertz CT molecular complexity index is 680. The Balaban J connectivity index is 2.15. The zero-order valence-corrected chi connectivity index (χ0v) is 13.4. The Hall–Kier alpha value is -2.49. The molecule has 0 aliphatic carbocycles. The fraction of sp³-hybridized carbons (Fsp3) is 0.278. The molecular formula is C18H21NO3. The predicted molar refractivity (Wildman–Crippen MR) is 86.6 cm³/mol. The van der Waals surface area contributed by atoms with Crippen LogP contribution in [0, 0.1) is 13.8 Å². The Kier molecular flexibility index (Phi) is 5.04. The second-order valence-electron chi connectivity index (χ2n) is 5.19. The molecule has 0 saturated carbocycles. The average Bonchev–Trinajstić information content (AvgIpc) is 2.52. The van der Waals surface area contributed by atoms with Gasteiger partial charge in [-0.15, -0.1) is 0 Å². The molecule has 0 unspecified atom stereocenters. The van der Waals surface area contributed by atoms with Gasteiger partial charge < -0.3 is 14.8 Å². The molecule has 0 fully saturated rings. The molecule has 0 atom stereocenters. The van der Waals surface area contributed by atoms with E-state index in [0.717, 1.165) is 28.2 Å². The Morgan fingerprint density at radius 3 is 2.41 bits per heavy atom. The third kappa shape index (κ3) is 3.58. The SMILES string of the molecule is COc1cc(CNC(=O)c2cccc(C)c2)c(OC)cc1C. The van der Waals surface area contributed by atoms with E-state index >= 15 is 0 Å². The molecule has 2 rings (SSSR count). The van der Waals surface area contributed by atoms with Gasteiger partial charge in [-0.05, 0) is 43.7 Å². The fourth-order valence-corrected chi connectivity index (χ4v) is 2.32. The molecule has 0 radical (unpaired) electrons. The van der Waals surface area contributed by atoms with Gasteiger partial charge in [0.2, 0.25) is 0 Å². The number of ether oxygens (including phenoxy) is 2. The quantitative estimate of drug-likeness (QED) is 0.922. The van der Waals surface area contributed by atoms with Crippen LogP contribution < -0.4 is 14.8 Å². The molecule has 0 heterocycles. The molecule has 1 amide bonds. The first-order chi connectivity index (χ1) is 10.5. The zero-order valence-electron chi connectivity index (χ0n) is 13.4. The minimum absolute atomic E-state index is 0.106. The molecule has 0 aliphatic heterocycles. The number of amides is 1. The van der Waals surface area contributed by atoms with Crippen LogP contribution >= 0.6 is 0 Å². The zero-order chi connectivity index (χ0) is 16.1. The van der Waals surface area contributed by atoms with E-state index < -0.39 is 0 Å². The van der Waals surface area contributed by atoms with E-state index in [0.29, 0.717) is 12.1 Å². The lowest BCUT2D eigenvalue weighted by atomic mass is 10.1. The molecule has 0 aromatic heterocycles. The second kappa shape index (κ2) is 6.98. The lowest BCUT2D eigenvalue weighted by molar-refractivity contribution is 0.0950. The van der Waals surface area contributed by atoms with Crippen molar-refractivity contribution in [2.75, 3.05) is 14.2 Å². The van der Waals surface area contributed by atoms with Gasteiger partial charge >= 0.3 is 0 Å². The molecule has 0 spiro atoms. The van der Waals surface area contributed by atoms with Crippen molar-refractivity contribution in [3.63, 3.8) is 0 Å². The van der Waals surface area contributed by atoms with Gasteiger partial charge in [-0.25, -0.2) is 0 Å². The van der Waals surface area contributed by atoms with Gasteiger partial charge in [-0.2, -0.15) is 0 Å². The van der Waals surface area contributed by atoms with E-state index in [9.17, 15) is 4.79 Å². The van der Waals surface area contributed by atoms with E-state index in [1.807, 2.05) is 44.2 Å². The molecule has 0 saturated heterocycles. The standard InChI is InChI=1S/C18H21NO3/c1-12-6-5-7-14(8-12)18(20)19-11-15-10-16(21-3)13(2)9-17(15)22-4/h5-10H,11H2,1-4H3,(H,19,20). The van der Waals surface area contributed by atoms with Crippen molar-refractivity contribution in [1.82, 2.24) is 5.32 Å². The summed E-state index contributed by atoms with van der Waals surface area (Å²) in [5.74, 6) is 1.41. The number of hydrogen-bond donors (Lipinski definition) is 1. The number of rotatable bonds is 5. The lowest BCUT2D eigenvalue weighted by Crippen LogP contribution is -2.23. The summed E-state index contributed by atoms with van der Waals surface area (Å²) in [7, 11) is 3.25. The van der Waals surface area contributed by atoms with Crippen LogP contribution in [0.4, 0.5) is 0 Å². The highest BCUT2D eigenvalue weighted by atomic mass is 16.5. The van der Waals surface area contributed by atoms with E-state index in [1.54, 1.807) is 20.3 Å². The fourth-order valence-electron chi connectivity index (χ4n) is 2.32. The highest BCUT2D eigenvalue weighted by Gasteiger charge is 2.11. The molecule has 4 heteroatoms. The average molecular weight is 299 g/mol. The maximum absolute atomic E-state index is 12.2. The normalized spacial score (nSPS) is 10.2. The first kappa shape index (κ1) is 15.9. The first-order valence-electron chi connectivity index (χ1n) is 7.11. The summed E-state index contributed by atoms with van der Waals surface area (Å²) in [5.41, 5.74) is 3.58. The summed E-state index contributed by atoms with van der Waals surface area (Å²) < 4.78 is 10.7.